The number of rotatable bonds is 3. The van der Waals surface area contributed by atoms with Crippen LogP contribution < -0.4 is 15.3 Å². The summed E-state index contributed by atoms with van der Waals surface area (Å²) < 4.78 is 12.8. The molecule has 0 bridgehead atoms. The average molecular weight is 449 g/mol. The second kappa shape index (κ2) is 6.91. The lowest BCUT2D eigenvalue weighted by molar-refractivity contribution is -0.0600. The van der Waals surface area contributed by atoms with Crippen molar-refractivity contribution in [3.05, 3.63) is 99.6 Å². The van der Waals surface area contributed by atoms with E-state index in [1.807, 2.05) is 0 Å². The van der Waals surface area contributed by atoms with Crippen LogP contribution in [0.25, 0.3) is 11.1 Å². The van der Waals surface area contributed by atoms with E-state index in [0.29, 0.717) is 6.61 Å². The monoisotopic (exact) mass is 448 g/mol. The summed E-state index contributed by atoms with van der Waals surface area (Å²) in [6.07, 6.45) is 9.59. The fraction of sp³-hybridized carbons (Fsp3) is 0.300. The summed E-state index contributed by atoms with van der Waals surface area (Å²) in [5.41, 5.74) is 7.81. The van der Waals surface area contributed by atoms with Crippen LogP contribution in [0.5, 0.6) is 0 Å². The molecule has 5 aliphatic rings. The van der Waals surface area contributed by atoms with Gasteiger partial charge in [-0.25, -0.2) is 0 Å². The number of benzene rings is 2. The largest absolute Gasteiger partial charge is 0.383 e. The van der Waals surface area contributed by atoms with Gasteiger partial charge in [-0.2, -0.15) is 0 Å². The van der Waals surface area contributed by atoms with Crippen molar-refractivity contribution in [2.75, 3.05) is 25.2 Å². The lowest BCUT2D eigenvalue weighted by atomic mass is 9.76. The lowest BCUT2D eigenvalue weighted by Gasteiger charge is -2.49. The van der Waals surface area contributed by atoms with Gasteiger partial charge < -0.3 is 14.4 Å². The molecule has 0 fully saturated rings. The summed E-state index contributed by atoms with van der Waals surface area (Å²) in [6.45, 7) is 5.92. The molecule has 34 heavy (non-hydrogen) atoms. The normalized spacial score (nSPS) is 27.1. The summed E-state index contributed by atoms with van der Waals surface area (Å²) >= 11 is 0. The van der Waals surface area contributed by atoms with Crippen LogP contribution in [0, 0.1) is 0 Å². The topological polar surface area (TPSA) is 34.1 Å². The zero-order valence-corrected chi connectivity index (χ0v) is 19.8. The molecule has 7 rings (SSSR count). The van der Waals surface area contributed by atoms with Crippen LogP contribution in [0.2, 0.25) is 0 Å². The quantitative estimate of drug-likeness (QED) is 0.717. The molecule has 3 aliphatic carbocycles. The molecule has 2 aromatic carbocycles. The van der Waals surface area contributed by atoms with Gasteiger partial charge in [0.1, 0.15) is 6.10 Å². The van der Waals surface area contributed by atoms with E-state index in [-0.39, 0.29) is 11.5 Å². The molecule has 1 spiro atoms. The number of hydrogen-bond donors (Lipinski definition) is 0. The van der Waals surface area contributed by atoms with Crippen LogP contribution in [0.4, 0.5) is 5.69 Å². The average Bonchev–Trinajstić information content (AvgIpc) is 3.27. The highest BCUT2D eigenvalue weighted by Crippen LogP contribution is 2.55. The highest BCUT2D eigenvalue weighted by Gasteiger charge is 2.60. The predicted molar refractivity (Wildman–Crippen MR) is 136 cm³/mol. The number of allylic oxidation sites excluding steroid dienone is 4. The van der Waals surface area contributed by atoms with Crippen LogP contribution in [-0.4, -0.2) is 38.3 Å². The minimum absolute atomic E-state index is 0.170. The second-order valence-corrected chi connectivity index (χ2v) is 10.2. The second-order valence-electron chi connectivity index (χ2n) is 10.2. The Morgan fingerprint density at radius 2 is 1.82 bits per heavy atom. The molecule has 0 aromatic heterocycles. The number of ether oxygens (including phenoxy) is 2. The fourth-order valence-corrected chi connectivity index (χ4v) is 6.55. The number of nitrogens with zero attached hydrogens (tertiary/aromatic N) is 2. The molecule has 0 N–H and O–H groups in total. The van der Waals surface area contributed by atoms with Crippen LogP contribution in [0.15, 0.2) is 88.6 Å². The van der Waals surface area contributed by atoms with E-state index in [0.717, 1.165) is 18.7 Å². The van der Waals surface area contributed by atoms with Gasteiger partial charge in [0.25, 0.3) is 0 Å². The number of methoxy groups -OCH3 is 1. The van der Waals surface area contributed by atoms with Crippen molar-refractivity contribution < 1.29 is 9.47 Å². The van der Waals surface area contributed by atoms with Gasteiger partial charge in [0, 0.05) is 24.8 Å². The van der Waals surface area contributed by atoms with Crippen molar-refractivity contribution >= 4 is 23.0 Å². The first kappa shape index (κ1) is 20.2. The molecule has 2 heterocycles. The van der Waals surface area contributed by atoms with Crippen LogP contribution in [-0.2, 0) is 14.9 Å². The zero-order chi connectivity index (χ0) is 23.1. The third-order valence-corrected chi connectivity index (χ3v) is 8.24. The zero-order valence-electron chi connectivity index (χ0n) is 19.8. The number of aliphatic imine (C=N–C) groups is 1. The first-order valence-electron chi connectivity index (χ1n) is 12.1. The van der Waals surface area contributed by atoms with E-state index in [4.69, 9.17) is 14.5 Å². The van der Waals surface area contributed by atoms with E-state index in [9.17, 15) is 0 Å². The van der Waals surface area contributed by atoms with E-state index < -0.39 is 5.72 Å². The van der Waals surface area contributed by atoms with Crippen LogP contribution >= 0.6 is 0 Å². The Morgan fingerprint density at radius 3 is 2.65 bits per heavy atom. The van der Waals surface area contributed by atoms with Gasteiger partial charge >= 0.3 is 0 Å². The maximum absolute atomic E-state index is 7.27. The Labute approximate surface area is 199 Å². The number of para-hydroxylation sites is 1. The van der Waals surface area contributed by atoms with E-state index in [1.165, 1.54) is 44.0 Å². The third-order valence-electron chi connectivity index (χ3n) is 8.24. The molecule has 4 heteroatoms. The van der Waals surface area contributed by atoms with Crippen LogP contribution in [0.1, 0.15) is 25.8 Å². The SMILES string of the molecule is COCCN1c2ccccc2C(C)(C)C12C=NC1=CC3=c4ccccc4=C4C=CCC(=C43)C1O2. The van der Waals surface area contributed by atoms with Crippen molar-refractivity contribution in [1.29, 1.82) is 0 Å². The van der Waals surface area contributed by atoms with Gasteiger partial charge in [0.15, 0.2) is 5.72 Å². The van der Waals surface area contributed by atoms with Gasteiger partial charge in [-0.05, 0) is 56.9 Å². The van der Waals surface area contributed by atoms with Crippen molar-refractivity contribution in [3.63, 3.8) is 0 Å². The standard InChI is InChI=1S/C30H28N2O2/c1-29(2)24-13-6-7-14-26(24)32(15-16-33-3)30(29)18-31-25-17-23-20-10-5-4-9-19(20)21-11-8-12-22(27(21)23)28(25)34-30/h4-11,13-14,17-18,28H,12,15-16H2,1-3H3. The van der Waals surface area contributed by atoms with Gasteiger partial charge in [0.05, 0.1) is 18.5 Å². The first-order chi connectivity index (χ1) is 16.6. The Balaban J connectivity index is 1.43. The lowest BCUT2D eigenvalue weighted by Crippen LogP contribution is -2.63. The van der Waals surface area contributed by atoms with E-state index in [2.05, 4.69) is 91.7 Å². The Hall–Kier alpha value is -3.21. The number of fused-ring (bicyclic) bond motifs is 4. The molecule has 0 amide bonds. The predicted octanol–water partition coefficient (Wildman–Crippen LogP) is 3.77. The highest BCUT2D eigenvalue weighted by molar-refractivity contribution is 6.01. The molecule has 0 radical (unpaired) electrons. The van der Waals surface area contributed by atoms with E-state index >= 15 is 0 Å². The molecule has 170 valence electrons. The van der Waals surface area contributed by atoms with E-state index in [1.54, 1.807) is 7.11 Å². The molecular weight excluding hydrogens is 420 g/mol. The molecule has 2 aliphatic heterocycles. The van der Waals surface area contributed by atoms with Gasteiger partial charge in [-0.3, -0.25) is 4.99 Å². The Kier molecular flexibility index (Phi) is 4.10. The third kappa shape index (κ3) is 2.37. The summed E-state index contributed by atoms with van der Waals surface area (Å²) in [5, 5.41) is 2.61. The highest BCUT2D eigenvalue weighted by atomic mass is 16.5. The molecule has 2 atom stereocenters. The summed E-state index contributed by atoms with van der Waals surface area (Å²) in [4.78, 5) is 7.51. The summed E-state index contributed by atoms with van der Waals surface area (Å²) in [6, 6.07) is 17.4. The molecule has 0 saturated heterocycles. The van der Waals surface area contributed by atoms with Crippen molar-refractivity contribution in [3.8, 4) is 0 Å². The summed E-state index contributed by atoms with van der Waals surface area (Å²) in [7, 11) is 1.75. The van der Waals surface area contributed by atoms with Crippen molar-refractivity contribution in [1.82, 2.24) is 0 Å². The molecule has 0 saturated carbocycles. The van der Waals surface area contributed by atoms with Crippen molar-refractivity contribution in [2.24, 2.45) is 4.99 Å². The van der Waals surface area contributed by atoms with Gasteiger partial charge in [-0.15, -0.1) is 0 Å². The minimum atomic E-state index is -0.685. The molecule has 2 aromatic rings. The van der Waals surface area contributed by atoms with Crippen molar-refractivity contribution in [2.45, 2.75) is 37.5 Å². The van der Waals surface area contributed by atoms with Gasteiger partial charge in [0.2, 0.25) is 0 Å². The number of hydrogen-bond acceptors (Lipinski definition) is 4. The van der Waals surface area contributed by atoms with Gasteiger partial charge in [-0.1, -0.05) is 68.5 Å². The molecule has 4 nitrogen and oxygen atoms in total. The number of anilines is 1. The minimum Gasteiger partial charge on any atom is -0.383 e. The maximum Gasteiger partial charge on any atom is 0.188 e. The molecule has 2 unspecified atom stereocenters. The maximum atomic E-state index is 7.27. The Morgan fingerprint density at radius 1 is 1.06 bits per heavy atom. The Bertz CT molecular complexity index is 1490. The summed E-state index contributed by atoms with van der Waals surface area (Å²) in [5.74, 6) is 0. The molecular formula is C30H28N2O2. The van der Waals surface area contributed by atoms with Crippen LogP contribution in [0.3, 0.4) is 0 Å². The first-order valence-corrected chi connectivity index (χ1v) is 12.1. The fourth-order valence-electron chi connectivity index (χ4n) is 6.55. The smallest absolute Gasteiger partial charge is 0.188 e.